The first kappa shape index (κ1) is 29.5. The zero-order valence-electron chi connectivity index (χ0n) is 27.9. The average molecular weight is 697 g/mol. The van der Waals surface area contributed by atoms with Crippen LogP contribution in [0, 0.1) is 0 Å². The van der Waals surface area contributed by atoms with Crippen LogP contribution in [-0.2, 0) is 0 Å². The van der Waals surface area contributed by atoms with Crippen molar-refractivity contribution in [2.75, 3.05) is 0 Å². The SMILES string of the molecule is c1ccc(-c2ccc3ccc4ccc(-c5cc(-c6cccc7c6sc6ccccc67)cc(-c6cccc7c6sc6ccccc67)c5)nc4c3n2)cc1. The summed E-state index contributed by atoms with van der Waals surface area (Å²) in [4.78, 5) is 10.6. The Hall–Kier alpha value is -6.20. The second kappa shape index (κ2) is 11.7. The van der Waals surface area contributed by atoms with E-state index in [0.717, 1.165) is 44.3 Å². The Morgan fingerprint density at radius 1 is 0.327 bits per heavy atom. The highest BCUT2D eigenvalue weighted by Gasteiger charge is 2.17. The molecule has 0 atom stereocenters. The highest BCUT2D eigenvalue weighted by atomic mass is 32.1. The summed E-state index contributed by atoms with van der Waals surface area (Å²) in [6.45, 7) is 0. The highest BCUT2D eigenvalue weighted by molar-refractivity contribution is 7.26. The Morgan fingerprint density at radius 3 is 1.33 bits per heavy atom. The van der Waals surface area contributed by atoms with Crippen LogP contribution in [-0.4, -0.2) is 9.97 Å². The zero-order valence-corrected chi connectivity index (χ0v) is 29.5. The van der Waals surface area contributed by atoms with Gasteiger partial charge in [-0.3, -0.25) is 0 Å². The molecule has 0 bridgehead atoms. The Morgan fingerprint density at radius 2 is 0.769 bits per heavy atom. The second-order valence-electron chi connectivity index (χ2n) is 13.3. The number of pyridine rings is 2. The molecule has 0 fully saturated rings. The molecule has 0 aliphatic heterocycles. The van der Waals surface area contributed by atoms with Crippen LogP contribution in [0.3, 0.4) is 0 Å². The molecule has 0 aliphatic rings. The zero-order chi connectivity index (χ0) is 34.2. The molecule has 0 saturated carbocycles. The van der Waals surface area contributed by atoms with Crippen molar-refractivity contribution in [2.24, 2.45) is 0 Å². The Kier molecular flexibility index (Phi) is 6.63. The van der Waals surface area contributed by atoms with Crippen molar-refractivity contribution in [2.45, 2.75) is 0 Å². The predicted molar refractivity (Wildman–Crippen MR) is 225 cm³/mol. The molecule has 4 heterocycles. The number of benzene rings is 7. The smallest absolute Gasteiger partial charge is 0.0972 e. The molecule has 0 saturated heterocycles. The average Bonchev–Trinajstić information content (AvgIpc) is 3.79. The van der Waals surface area contributed by atoms with Gasteiger partial charge < -0.3 is 0 Å². The van der Waals surface area contributed by atoms with E-state index in [1.54, 1.807) is 0 Å². The number of rotatable bonds is 4. The van der Waals surface area contributed by atoms with E-state index >= 15 is 0 Å². The summed E-state index contributed by atoms with van der Waals surface area (Å²) in [6.07, 6.45) is 0. The molecule has 2 nitrogen and oxygen atoms in total. The normalized spacial score (nSPS) is 11.8. The molecular formula is C48H28N2S2. The summed E-state index contributed by atoms with van der Waals surface area (Å²) < 4.78 is 5.23. The summed E-state index contributed by atoms with van der Waals surface area (Å²) in [5.41, 5.74) is 10.8. The van der Waals surface area contributed by atoms with Crippen LogP contribution in [0.4, 0.5) is 0 Å². The fourth-order valence-corrected chi connectivity index (χ4v) is 10.2. The lowest BCUT2D eigenvalue weighted by Gasteiger charge is -2.13. The molecule has 4 aromatic heterocycles. The third-order valence-electron chi connectivity index (χ3n) is 10.2. The number of thiophene rings is 2. The minimum absolute atomic E-state index is 0.915. The van der Waals surface area contributed by atoms with Gasteiger partial charge in [0, 0.05) is 62.2 Å². The van der Waals surface area contributed by atoms with Gasteiger partial charge in [0.25, 0.3) is 0 Å². The van der Waals surface area contributed by atoms with Gasteiger partial charge in [-0.1, -0.05) is 127 Å². The maximum Gasteiger partial charge on any atom is 0.0972 e. The van der Waals surface area contributed by atoms with Crippen LogP contribution in [0.25, 0.3) is 107 Å². The number of hydrogen-bond donors (Lipinski definition) is 0. The van der Waals surface area contributed by atoms with Crippen molar-refractivity contribution in [3.63, 3.8) is 0 Å². The largest absolute Gasteiger partial charge is 0.245 e. The Balaban J connectivity index is 1.17. The van der Waals surface area contributed by atoms with Crippen molar-refractivity contribution in [3.05, 3.63) is 170 Å². The summed E-state index contributed by atoms with van der Waals surface area (Å²) in [7, 11) is 0. The predicted octanol–water partition coefficient (Wildman–Crippen LogP) is 14.2. The maximum atomic E-state index is 5.41. The molecular weight excluding hydrogens is 669 g/mol. The quantitative estimate of drug-likeness (QED) is 0.171. The second-order valence-corrected chi connectivity index (χ2v) is 15.4. The van der Waals surface area contributed by atoms with E-state index in [1.807, 2.05) is 28.7 Å². The third kappa shape index (κ3) is 4.69. The lowest BCUT2D eigenvalue weighted by atomic mass is 9.93. The molecule has 0 unspecified atom stereocenters. The van der Waals surface area contributed by atoms with Crippen molar-refractivity contribution >= 4 is 84.8 Å². The lowest BCUT2D eigenvalue weighted by Crippen LogP contribution is -1.92. The van der Waals surface area contributed by atoms with Crippen LogP contribution in [0.15, 0.2) is 170 Å². The standard InChI is InChI=1S/C48H28N2S2/c1-2-10-29(11-3-1)41-24-22-30-20-21-31-23-25-42(50-46(31)45(30)49-41)34-27-32(35-14-8-16-39-37-12-4-6-18-43(37)51-47(35)39)26-33(28-34)36-15-9-17-40-38-13-5-7-19-44(38)52-48(36)40/h1-28H. The van der Waals surface area contributed by atoms with E-state index in [-0.39, 0.29) is 0 Å². The molecule has 4 heteroatoms. The minimum atomic E-state index is 0.915. The fraction of sp³-hybridized carbons (Fsp3) is 0. The maximum absolute atomic E-state index is 5.41. The van der Waals surface area contributed by atoms with Crippen molar-refractivity contribution < 1.29 is 0 Å². The van der Waals surface area contributed by atoms with E-state index < -0.39 is 0 Å². The molecule has 52 heavy (non-hydrogen) atoms. The molecule has 0 spiro atoms. The Bertz CT molecular complexity index is 3060. The van der Waals surface area contributed by atoms with Gasteiger partial charge in [-0.15, -0.1) is 22.7 Å². The van der Waals surface area contributed by atoms with Crippen LogP contribution < -0.4 is 0 Å². The fourth-order valence-electron chi connectivity index (χ4n) is 7.73. The van der Waals surface area contributed by atoms with Gasteiger partial charge in [0.1, 0.15) is 0 Å². The van der Waals surface area contributed by atoms with Gasteiger partial charge in [-0.2, -0.15) is 0 Å². The number of fused-ring (bicyclic) bond motifs is 9. The van der Waals surface area contributed by atoms with E-state index in [1.165, 1.54) is 62.6 Å². The first-order valence-electron chi connectivity index (χ1n) is 17.5. The van der Waals surface area contributed by atoms with Crippen molar-refractivity contribution in [3.8, 4) is 44.8 Å². The first-order valence-corrected chi connectivity index (χ1v) is 19.1. The number of aromatic nitrogens is 2. The molecule has 0 aliphatic carbocycles. The number of hydrogen-bond acceptors (Lipinski definition) is 4. The van der Waals surface area contributed by atoms with E-state index in [9.17, 15) is 0 Å². The summed E-state index contributed by atoms with van der Waals surface area (Å²) in [5, 5.41) is 7.37. The van der Waals surface area contributed by atoms with E-state index in [4.69, 9.17) is 9.97 Å². The summed E-state index contributed by atoms with van der Waals surface area (Å²) >= 11 is 3.75. The Labute approximate surface area is 307 Å². The van der Waals surface area contributed by atoms with Crippen LogP contribution in [0.1, 0.15) is 0 Å². The molecule has 242 valence electrons. The van der Waals surface area contributed by atoms with E-state index in [2.05, 4.69) is 164 Å². The molecule has 7 aromatic carbocycles. The third-order valence-corrected chi connectivity index (χ3v) is 12.7. The van der Waals surface area contributed by atoms with Gasteiger partial charge in [0.05, 0.1) is 22.4 Å². The molecule has 0 N–H and O–H groups in total. The van der Waals surface area contributed by atoms with Gasteiger partial charge in [0.2, 0.25) is 0 Å². The van der Waals surface area contributed by atoms with Gasteiger partial charge in [-0.05, 0) is 64.7 Å². The van der Waals surface area contributed by atoms with Gasteiger partial charge in [-0.25, -0.2) is 9.97 Å². The van der Waals surface area contributed by atoms with Gasteiger partial charge in [0.15, 0.2) is 0 Å². The monoisotopic (exact) mass is 696 g/mol. The van der Waals surface area contributed by atoms with Crippen molar-refractivity contribution in [1.29, 1.82) is 0 Å². The van der Waals surface area contributed by atoms with Crippen LogP contribution >= 0.6 is 22.7 Å². The topological polar surface area (TPSA) is 25.8 Å². The molecule has 11 rings (SSSR count). The summed E-state index contributed by atoms with van der Waals surface area (Å²) in [6, 6.07) is 61.3. The van der Waals surface area contributed by atoms with Crippen LogP contribution in [0.5, 0.6) is 0 Å². The highest BCUT2D eigenvalue weighted by Crippen LogP contribution is 2.44. The molecule has 0 amide bonds. The molecule has 0 radical (unpaired) electrons. The minimum Gasteiger partial charge on any atom is -0.245 e. The van der Waals surface area contributed by atoms with Gasteiger partial charge >= 0.3 is 0 Å². The lowest BCUT2D eigenvalue weighted by molar-refractivity contribution is 1.36. The number of nitrogens with zero attached hydrogens (tertiary/aromatic N) is 2. The van der Waals surface area contributed by atoms with Crippen molar-refractivity contribution in [1.82, 2.24) is 9.97 Å². The molecule has 11 aromatic rings. The van der Waals surface area contributed by atoms with Crippen LogP contribution in [0.2, 0.25) is 0 Å². The van der Waals surface area contributed by atoms with E-state index in [0.29, 0.717) is 0 Å². The summed E-state index contributed by atoms with van der Waals surface area (Å²) in [5.74, 6) is 0. The first-order chi connectivity index (χ1) is 25.7.